The van der Waals surface area contributed by atoms with E-state index in [1.54, 1.807) is 24.3 Å². The number of aromatic carboxylic acids is 1. The van der Waals surface area contributed by atoms with Crippen LogP contribution >= 0.6 is 22.6 Å². The molecule has 0 radical (unpaired) electrons. The van der Waals surface area contributed by atoms with E-state index in [1.807, 2.05) is 0 Å². The fraction of sp³-hybridized carbons (Fsp3) is 0. The number of carboxylic acid groups (broad SMARTS) is 1. The predicted molar refractivity (Wildman–Crippen MR) is 85.2 cm³/mol. The van der Waals surface area contributed by atoms with Gasteiger partial charge in [0.25, 0.3) is 0 Å². The van der Waals surface area contributed by atoms with Gasteiger partial charge in [0, 0.05) is 9.26 Å². The lowest BCUT2D eigenvalue weighted by Crippen LogP contribution is -2.21. The smallest absolute Gasteiger partial charge is 0.337 e. The molecule has 3 N–H and O–H groups in total. The number of amides is 2. The Labute approximate surface area is 133 Å². The molecule has 0 aliphatic carbocycles. The van der Waals surface area contributed by atoms with E-state index < -0.39 is 17.8 Å². The molecule has 2 amide bonds. The zero-order chi connectivity index (χ0) is 15.4. The maximum atomic E-state index is 13.7. The van der Waals surface area contributed by atoms with E-state index in [9.17, 15) is 14.0 Å². The maximum Gasteiger partial charge on any atom is 0.337 e. The molecule has 0 heterocycles. The van der Waals surface area contributed by atoms with Gasteiger partial charge >= 0.3 is 12.0 Å². The summed E-state index contributed by atoms with van der Waals surface area (Å²) in [6, 6.07) is 9.79. The summed E-state index contributed by atoms with van der Waals surface area (Å²) in [6.07, 6.45) is 0. The van der Waals surface area contributed by atoms with Crippen LogP contribution in [0.15, 0.2) is 42.5 Å². The summed E-state index contributed by atoms with van der Waals surface area (Å²) in [5.41, 5.74) is -0.165. The van der Waals surface area contributed by atoms with Gasteiger partial charge in [-0.05, 0) is 59.0 Å². The lowest BCUT2D eigenvalue weighted by Gasteiger charge is -2.10. The van der Waals surface area contributed by atoms with Crippen molar-refractivity contribution in [2.75, 3.05) is 10.6 Å². The van der Waals surface area contributed by atoms with E-state index in [4.69, 9.17) is 5.11 Å². The number of carboxylic acids is 1. The molecular formula is C14H10FIN2O3. The molecule has 108 valence electrons. The van der Waals surface area contributed by atoms with Gasteiger partial charge in [-0.1, -0.05) is 6.07 Å². The first-order valence-corrected chi connectivity index (χ1v) is 6.90. The maximum absolute atomic E-state index is 13.7. The summed E-state index contributed by atoms with van der Waals surface area (Å²) < 4.78 is 14.7. The van der Waals surface area contributed by atoms with E-state index in [2.05, 4.69) is 33.2 Å². The van der Waals surface area contributed by atoms with Gasteiger partial charge in [-0.3, -0.25) is 0 Å². The molecule has 0 aliphatic rings. The number of nitrogens with one attached hydrogen (secondary N) is 2. The predicted octanol–water partition coefficient (Wildman–Crippen LogP) is 3.77. The summed E-state index contributed by atoms with van der Waals surface area (Å²) in [5, 5.41) is 13.7. The molecule has 5 nitrogen and oxygen atoms in total. The fourth-order valence-corrected chi connectivity index (χ4v) is 2.00. The van der Waals surface area contributed by atoms with Crippen LogP contribution in [0.3, 0.4) is 0 Å². The fourth-order valence-electron chi connectivity index (χ4n) is 1.64. The highest BCUT2D eigenvalue weighted by atomic mass is 127. The number of hydrogen-bond acceptors (Lipinski definition) is 2. The van der Waals surface area contributed by atoms with E-state index in [0.717, 1.165) is 9.64 Å². The molecule has 0 atom stereocenters. The van der Waals surface area contributed by atoms with Crippen molar-refractivity contribution in [1.29, 1.82) is 0 Å². The summed E-state index contributed by atoms with van der Waals surface area (Å²) in [4.78, 5) is 22.8. The van der Waals surface area contributed by atoms with Crippen molar-refractivity contribution in [2.45, 2.75) is 0 Å². The first-order valence-electron chi connectivity index (χ1n) is 5.83. The number of hydrogen-bond donors (Lipinski definition) is 3. The Morgan fingerprint density at radius 2 is 1.71 bits per heavy atom. The third-order valence-electron chi connectivity index (χ3n) is 2.58. The van der Waals surface area contributed by atoms with Crippen molar-refractivity contribution >= 4 is 46.0 Å². The lowest BCUT2D eigenvalue weighted by molar-refractivity contribution is 0.0697. The average Bonchev–Trinajstić information content (AvgIpc) is 2.43. The summed E-state index contributed by atoms with van der Waals surface area (Å²) in [7, 11) is 0. The van der Waals surface area contributed by atoms with Crippen molar-refractivity contribution in [2.24, 2.45) is 0 Å². The third kappa shape index (κ3) is 3.91. The van der Waals surface area contributed by atoms with E-state index in [0.29, 0.717) is 5.69 Å². The number of benzene rings is 2. The number of halogens is 2. The Bertz CT molecular complexity index is 689. The van der Waals surface area contributed by atoms with Crippen LogP contribution in [-0.4, -0.2) is 17.1 Å². The van der Waals surface area contributed by atoms with Crippen LogP contribution in [0.5, 0.6) is 0 Å². The van der Waals surface area contributed by atoms with Gasteiger partial charge < -0.3 is 15.7 Å². The summed E-state index contributed by atoms with van der Waals surface area (Å²) in [5.74, 6) is -2.13. The molecule has 21 heavy (non-hydrogen) atoms. The minimum absolute atomic E-state index is 0.312. The number of carbonyl (C=O) groups excluding carboxylic acids is 1. The van der Waals surface area contributed by atoms with Crippen molar-refractivity contribution in [3.8, 4) is 0 Å². The largest absolute Gasteiger partial charge is 0.478 e. The molecule has 0 bridgehead atoms. The molecule has 0 spiro atoms. The molecule has 2 rings (SSSR count). The molecule has 0 unspecified atom stereocenters. The number of urea groups is 1. The second kappa shape index (κ2) is 6.53. The Hall–Kier alpha value is -2.16. The van der Waals surface area contributed by atoms with Gasteiger partial charge in [0.15, 0.2) is 0 Å². The van der Waals surface area contributed by atoms with Gasteiger partial charge in [0.2, 0.25) is 0 Å². The van der Waals surface area contributed by atoms with Crippen LogP contribution in [0.4, 0.5) is 20.6 Å². The lowest BCUT2D eigenvalue weighted by atomic mass is 10.1. The second-order valence-corrected chi connectivity index (χ2v) is 5.30. The first-order chi connectivity index (χ1) is 9.97. The zero-order valence-electron chi connectivity index (χ0n) is 10.6. The number of carbonyl (C=O) groups is 2. The molecular weight excluding hydrogens is 390 g/mol. The molecule has 2 aromatic rings. The molecule has 0 aliphatic heterocycles. The van der Waals surface area contributed by atoms with Crippen molar-refractivity contribution in [1.82, 2.24) is 0 Å². The SMILES string of the molecule is O=C(Nc1ccc(I)cc1)Nc1c(F)cccc1C(=O)O. The molecule has 0 aromatic heterocycles. The van der Waals surface area contributed by atoms with Gasteiger partial charge in [-0.2, -0.15) is 0 Å². The molecule has 7 heteroatoms. The average molecular weight is 400 g/mol. The van der Waals surface area contributed by atoms with Crippen molar-refractivity contribution in [3.05, 3.63) is 57.4 Å². The van der Waals surface area contributed by atoms with Crippen molar-refractivity contribution < 1.29 is 19.1 Å². The Kier molecular flexibility index (Phi) is 4.73. The monoisotopic (exact) mass is 400 g/mol. The zero-order valence-corrected chi connectivity index (χ0v) is 12.7. The third-order valence-corrected chi connectivity index (χ3v) is 3.30. The standard InChI is InChI=1S/C14H10FIN2O3/c15-11-3-1-2-10(13(19)20)12(11)18-14(21)17-9-6-4-8(16)5-7-9/h1-7H,(H,19,20)(H2,17,18,21). The molecule has 0 saturated carbocycles. The summed E-state index contributed by atoms with van der Waals surface area (Å²) in [6.45, 7) is 0. The number of para-hydroxylation sites is 1. The molecule has 0 saturated heterocycles. The minimum atomic E-state index is -1.32. The van der Waals surface area contributed by atoms with Crippen LogP contribution < -0.4 is 10.6 Å². The Morgan fingerprint density at radius 1 is 1.05 bits per heavy atom. The highest BCUT2D eigenvalue weighted by Gasteiger charge is 2.16. The quantitative estimate of drug-likeness (QED) is 0.687. The van der Waals surface area contributed by atoms with Crippen LogP contribution in [0.25, 0.3) is 0 Å². The number of anilines is 2. The van der Waals surface area contributed by atoms with Crippen LogP contribution in [0.1, 0.15) is 10.4 Å². The highest BCUT2D eigenvalue weighted by Crippen LogP contribution is 2.20. The van der Waals surface area contributed by atoms with Crippen LogP contribution in [0, 0.1) is 9.39 Å². The Morgan fingerprint density at radius 3 is 2.33 bits per heavy atom. The highest BCUT2D eigenvalue weighted by molar-refractivity contribution is 14.1. The van der Waals surface area contributed by atoms with Crippen molar-refractivity contribution in [3.63, 3.8) is 0 Å². The molecule has 2 aromatic carbocycles. The van der Waals surface area contributed by atoms with Gasteiger partial charge in [-0.15, -0.1) is 0 Å². The summed E-state index contributed by atoms with van der Waals surface area (Å²) >= 11 is 2.12. The second-order valence-electron chi connectivity index (χ2n) is 4.05. The van der Waals surface area contributed by atoms with Gasteiger partial charge in [0.1, 0.15) is 5.82 Å². The van der Waals surface area contributed by atoms with Crippen LogP contribution in [0.2, 0.25) is 0 Å². The Balaban J connectivity index is 2.16. The molecule has 0 fully saturated rings. The van der Waals surface area contributed by atoms with E-state index >= 15 is 0 Å². The van der Waals surface area contributed by atoms with Crippen LogP contribution in [-0.2, 0) is 0 Å². The van der Waals surface area contributed by atoms with E-state index in [-0.39, 0.29) is 11.3 Å². The van der Waals surface area contributed by atoms with Gasteiger partial charge in [0.05, 0.1) is 11.3 Å². The minimum Gasteiger partial charge on any atom is -0.478 e. The van der Waals surface area contributed by atoms with Gasteiger partial charge in [-0.25, -0.2) is 14.0 Å². The number of rotatable bonds is 3. The topological polar surface area (TPSA) is 78.4 Å². The normalized spacial score (nSPS) is 10.0. The first kappa shape index (κ1) is 15.2. The van der Waals surface area contributed by atoms with E-state index in [1.165, 1.54) is 12.1 Å².